The van der Waals surface area contributed by atoms with Crippen LogP contribution in [-0.4, -0.2) is 36.3 Å². The van der Waals surface area contributed by atoms with Crippen molar-refractivity contribution in [2.45, 2.75) is 37.6 Å². The summed E-state index contributed by atoms with van der Waals surface area (Å²) in [6, 6.07) is 0. The van der Waals surface area contributed by atoms with Gasteiger partial charge in [0, 0.05) is 23.7 Å². The highest BCUT2D eigenvalue weighted by molar-refractivity contribution is 7.89. The van der Waals surface area contributed by atoms with E-state index in [0.29, 0.717) is 12.1 Å². The van der Waals surface area contributed by atoms with Crippen molar-refractivity contribution in [1.29, 1.82) is 0 Å². The summed E-state index contributed by atoms with van der Waals surface area (Å²) in [5, 5.41) is 12.1. The molecule has 0 radical (unpaired) electrons. The van der Waals surface area contributed by atoms with Gasteiger partial charge in [-0.25, -0.2) is 13.6 Å². The molecule has 11 heteroatoms. The number of rotatable bonds is 4. The predicted molar refractivity (Wildman–Crippen MR) is 74.7 cm³/mol. The number of carbonyl (C=O) groups excluding carboxylic acids is 1. The fraction of sp³-hybridized carbons (Fsp3) is 0.667. The van der Waals surface area contributed by atoms with Crippen molar-refractivity contribution in [1.82, 2.24) is 15.5 Å². The molecule has 2 atom stereocenters. The number of hydrogen-bond donors (Lipinski definition) is 3. The Balaban J connectivity index is 2.04. The van der Waals surface area contributed by atoms with E-state index in [1.807, 2.05) is 0 Å². The Bertz CT molecular complexity index is 699. The molecule has 130 valence electrons. The summed E-state index contributed by atoms with van der Waals surface area (Å²) in [4.78, 5) is 12.1. The number of sulfonamides is 1. The summed E-state index contributed by atoms with van der Waals surface area (Å²) in [5.41, 5.74) is -0.606. The fourth-order valence-electron chi connectivity index (χ4n) is 2.46. The highest BCUT2D eigenvalue weighted by atomic mass is 32.2. The maximum Gasteiger partial charge on any atom is 0.435 e. The van der Waals surface area contributed by atoms with Crippen molar-refractivity contribution in [2.24, 2.45) is 11.1 Å². The van der Waals surface area contributed by atoms with E-state index in [9.17, 15) is 26.4 Å². The summed E-state index contributed by atoms with van der Waals surface area (Å²) < 4.78 is 60.8. The van der Waals surface area contributed by atoms with Gasteiger partial charge in [0.1, 0.15) is 0 Å². The van der Waals surface area contributed by atoms with Gasteiger partial charge >= 0.3 is 6.18 Å². The minimum Gasteiger partial charge on any atom is -0.355 e. The van der Waals surface area contributed by atoms with E-state index in [2.05, 4.69) is 15.5 Å². The zero-order valence-corrected chi connectivity index (χ0v) is 13.1. The van der Waals surface area contributed by atoms with Crippen molar-refractivity contribution in [3.8, 4) is 0 Å². The number of hydrogen-bond acceptors (Lipinski definition) is 4. The third-order valence-electron chi connectivity index (χ3n) is 3.91. The second-order valence-corrected chi connectivity index (χ2v) is 7.59. The Morgan fingerprint density at radius 1 is 1.52 bits per heavy atom. The highest BCUT2D eigenvalue weighted by Crippen LogP contribution is 2.36. The van der Waals surface area contributed by atoms with Gasteiger partial charge in [0.05, 0.1) is 5.25 Å². The van der Waals surface area contributed by atoms with Crippen molar-refractivity contribution >= 4 is 15.9 Å². The molecule has 1 aliphatic carbocycles. The summed E-state index contributed by atoms with van der Waals surface area (Å²) >= 11 is 0. The summed E-state index contributed by atoms with van der Waals surface area (Å²) in [7, 11) is -3.77. The van der Waals surface area contributed by atoms with Crippen LogP contribution >= 0.6 is 0 Å². The van der Waals surface area contributed by atoms with Crippen LogP contribution in [0.4, 0.5) is 13.2 Å². The summed E-state index contributed by atoms with van der Waals surface area (Å²) in [5.74, 6) is -1.14. The van der Waals surface area contributed by atoms with Crippen molar-refractivity contribution in [3.05, 3.63) is 17.0 Å². The maximum absolute atomic E-state index is 12.9. The smallest absolute Gasteiger partial charge is 0.355 e. The van der Waals surface area contributed by atoms with E-state index >= 15 is 0 Å². The van der Waals surface area contributed by atoms with Crippen LogP contribution in [0.25, 0.3) is 0 Å². The Labute approximate surface area is 130 Å². The number of halogens is 3. The molecule has 2 rings (SSSR count). The van der Waals surface area contributed by atoms with Crippen LogP contribution in [0.1, 0.15) is 30.3 Å². The molecule has 1 aliphatic rings. The number of primary sulfonamides is 1. The fourth-order valence-corrected chi connectivity index (χ4v) is 2.77. The molecular weight excluding hydrogens is 337 g/mol. The van der Waals surface area contributed by atoms with Crippen LogP contribution in [0.5, 0.6) is 0 Å². The van der Waals surface area contributed by atoms with Gasteiger partial charge in [-0.2, -0.15) is 18.3 Å². The van der Waals surface area contributed by atoms with Gasteiger partial charge in [-0.1, -0.05) is 0 Å². The van der Waals surface area contributed by atoms with Crippen LogP contribution in [0.2, 0.25) is 0 Å². The number of fused-ring (bicyclic) bond motifs is 1. The van der Waals surface area contributed by atoms with Gasteiger partial charge in [-0.3, -0.25) is 9.89 Å². The van der Waals surface area contributed by atoms with Gasteiger partial charge in [0.25, 0.3) is 0 Å². The minimum atomic E-state index is -4.58. The van der Waals surface area contributed by atoms with Gasteiger partial charge in [-0.05, 0) is 26.2 Å². The lowest BCUT2D eigenvalue weighted by Crippen LogP contribution is -2.41. The van der Waals surface area contributed by atoms with Gasteiger partial charge in [0.15, 0.2) is 5.69 Å². The first kappa shape index (κ1) is 17.7. The maximum atomic E-state index is 12.9. The highest BCUT2D eigenvalue weighted by Gasteiger charge is 2.40. The lowest BCUT2D eigenvalue weighted by atomic mass is 9.85. The molecule has 0 spiro atoms. The average molecular weight is 354 g/mol. The van der Waals surface area contributed by atoms with E-state index in [-0.39, 0.29) is 24.9 Å². The topological polar surface area (TPSA) is 118 Å². The molecule has 2 unspecified atom stereocenters. The van der Waals surface area contributed by atoms with Crippen molar-refractivity contribution in [2.75, 3.05) is 6.54 Å². The molecule has 0 saturated heterocycles. The summed E-state index contributed by atoms with van der Waals surface area (Å²) in [6.45, 7) is 1.16. The lowest BCUT2D eigenvalue weighted by Gasteiger charge is -2.22. The van der Waals surface area contributed by atoms with E-state index < -0.39 is 39.0 Å². The molecule has 0 saturated carbocycles. The van der Waals surface area contributed by atoms with E-state index in [1.165, 1.54) is 6.92 Å². The zero-order chi connectivity index (χ0) is 17.4. The Morgan fingerprint density at radius 2 is 2.17 bits per heavy atom. The van der Waals surface area contributed by atoms with Crippen LogP contribution in [0.3, 0.4) is 0 Å². The predicted octanol–water partition coefficient (Wildman–Crippen LogP) is 0.327. The van der Waals surface area contributed by atoms with E-state index in [1.54, 1.807) is 0 Å². The largest absolute Gasteiger partial charge is 0.435 e. The van der Waals surface area contributed by atoms with Crippen LogP contribution in [-0.2, 0) is 33.8 Å². The van der Waals surface area contributed by atoms with Crippen LogP contribution < -0.4 is 10.5 Å². The molecule has 1 aromatic heterocycles. The number of aryl methyl sites for hydroxylation is 1. The number of H-pyrrole nitrogens is 1. The third-order valence-corrected chi connectivity index (χ3v) is 5.20. The Morgan fingerprint density at radius 3 is 2.74 bits per heavy atom. The number of amides is 1. The quantitative estimate of drug-likeness (QED) is 0.722. The SMILES string of the molecule is CC(CNC(=O)C1CCc2[nH]nc(C(F)(F)F)c2C1)S(N)(=O)=O. The first-order valence-electron chi connectivity index (χ1n) is 6.92. The first-order chi connectivity index (χ1) is 10.5. The number of nitrogens with two attached hydrogens (primary N) is 1. The number of nitrogens with one attached hydrogen (secondary N) is 2. The Kier molecular flexibility index (Phi) is 4.71. The van der Waals surface area contributed by atoms with Crippen molar-refractivity contribution in [3.63, 3.8) is 0 Å². The molecule has 0 aromatic carbocycles. The standard InChI is InChI=1S/C12H17F3N4O3S/c1-6(23(16,21)22)5-17-11(20)7-2-3-9-8(4-7)10(19-18-9)12(13,14)15/h6-7H,2-5H2,1H3,(H,17,20)(H,18,19)(H2,16,21,22). The van der Waals surface area contributed by atoms with Gasteiger partial charge < -0.3 is 5.32 Å². The van der Waals surface area contributed by atoms with Gasteiger partial charge in [0.2, 0.25) is 15.9 Å². The minimum absolute atomic E-state index is 0.00314. The number of alkyl halides is 3. The number of carbonyl (C=O) groups is 1. The third kappa shape index (κ3) is 4.02. The molecule has 1 aromatic rings. The zero-order valence-electron chi connectivity index (χ0n) is 12.3. The van der Waals surface area contributed by atoms with E-state index in [4.69, 9.17) is 5.14 Å². The number of aromatic nitrogens is 2. The number of aromatic amines is 1. The molecule has 1 amide bonds. The first-order valence-corrected chi connectivity index (χ1v) is 8.53. The lowest BCUT2D eigenvalue weighted by molar-refractivity contribution is -0.142. The normalized spacial score (nSPS) is 20.0. The van der Waals surface area contributed by atoms with Gasteiger partial charge in [-0.15, -0.1) is 0 Å². The molecule has 0 aliphatic heterocycles. The van der Waals surface area contributed by atoms with E-state index in [0.717, 1.165) is 0 Å². The molecule has 1 heterocycles. The van der Waals surface area contributed by atoms with Crippen molar-refractivity contribution < 1.29 is 26.4 Å². The number of nitrogens with zero attached hydrogens (tertiary/aromatic N) is 1. The average Bonchev–Trinajstić information content (AvgIpc) is 2.85. The molecule has 0 fully saturated rings. The monoisotopic (exact) mass is 354 g/mol. The second kappa shape index (κ2) is 6.11. The Hall–Kier alpha value is -1.62. The van der Waals surface area contributed by atoms with Crippen LogP contribution in [0.15, 0.2) is 0 Å². The van der Waals surface area contributed by atoms with Crippen LogP contribution in [0, 0.1) is 5.92 Å². The molecule has 23 heavy (non-hydrogen) atoms. The second-order valence-electron chi connectivity index (χ2n) is 5.61. The molecule has 0 bridgehead atoms. The molecule has 4 N–H and O–H groups in total. The summed E-state index contributed by atoms with van der Waals surface area (Å²) in [6.07, 6.45) is -4.02. The molecular formula is C12H17F3N4O3S. The molecule has 7 nitrogen and oxygen atoms in total.